The van der Waals surface area contributed by atoms with Gasteiger partial charge in [-0.2, -0.15) is 8.42 Å². The van der Waals surface area contributed by atoms with Gasteiger partial charge in [0.05, 0.1) is 0 Å². The molecule has 7 heteroatoms. The minimum absolute atomic E-state index is 0. The van der Waals surface area contributed by atoms with Crippen LogP contribution in [0.3, 0.4) is 0 Å². The minimum atomic E-state index is -4.62. The molecule has 0 atom stereocenters. The Balaban J connectivity index is 0.00000180. The van der Waals surface area contributed by atoms with Gasteiger partial charge in [0.25, 0.3) is 10.1 Å². The smallest absolute Gasteiger partial charge is 1.00 e. The van der Waals surface area contributed by atoms with E-state index in [0.717, 1.165) is 12.1 Å². The van der Waals surface area contributed by atoms with Gasteiger partial charge in [-0.15, -0.1) is 0 Å². The average molecular weight is 310 g/mol. The van der Waals surface area contributed by atoms with E-state index in [0.29, 0.717) is 11.1 Å². The molecule has 0 radical (unpaired) electrons. The van der Waals surface area contributed by atoms with Crippen molar-refractivity contribution in [3.8, 4) is 11.1 Å². The van der Waals surface area contributed by atoms with Crippen molar-refractivity contribution in [1.82, 2.24) is 0 Å². The molecule has 0 unspecified atom stereocenters. The maximum absolute atomic E-state index is 13.2. The Morgan fingerprint density at radius 1 is 0.947 bits per heavy atom. The van der Waals surface area contributed by atoms with Gasteiger partial charge in [-0.25, -0.2) is 8.78 Å². The summed E-state index contributed by atoms with van der Waals surface area (Å²) in [4.78, 5) is -0.802. The zero-order valence-corrected chi connectivity index (χ0v) is 13.9. The maximum Gasteiger partial charge on any atom is 1.00 e. The summed E-state index contributed by atoms with van der Waals surface area (Å²) in [5.41, 5.74) is 0.880. The van der Waals surface area contributed by atoms with Gasteiger partial charge in [0.1, 0.15) is 16.5 Å². The Bertz CT molecular complexity index is 690. The Morgan fingerprint density at radius 3 is 2.00 bits per heavy atom. The molecular formula is C12H9F2KO3S. The second kappa shape index (κ2) is 6.53. The molecule has 3 nitrogen and oxygen atoms in total. The van der Waals surface area contributed by atoms with Crippen molar-refractivity contribution in [2.75, 3.05) is 0 Å². The molecule has 0 aliphatic carbocycles. The summed E-state index contributed by atoms with van der Waals surface area (Å²) >= 11 is 0. The number of benzene rings is 2. The number of halogens is 2. The molecule has 0 spiro atoms. The quantitative estimate of drug-likeness (QED) is 0.627. The molecule has 2 rings (SSSR count). The molecule has 0 aliphatic rings. The number of rotatable bonds is 2. The van der Waals surface area contributed by atoms with E-state index in [1.807, 2.05) is 0 Å². The van der Waals surface area contributed by atoms with Gasteiger partial charge in [0.2, 0.25) is 0 Å². The van der Waals surface area contributed by atoms with Crippen molar-refractivity contribution in [1.29, 1.82) is 0 Å². The zero-order chi connectivity index (χ0) is 13.3. The van der Waals surface area contributed by atoms with Crippen LogP contribution in [0.4, 0.5) is 8.78 Å². The van der Waals surface area contributed by atoms with Gasteiger partial charge in [0, 0.05) is 0 Å². The molecule has 0 aromatic heterocycles. The average Bonchev–Trinajstić information content (AvgIpc) is 2.29. The second-order valence-corrected chi connectivity index (χ2v) is 5.02. The SMILES string of the molecule is O=S(=O)(O)c1cc(-c2ccc(F)cc2)ccc1F.[H-].[K+]. The largest absolute Gasteiger partial charge is 1.00 e. The first-order valence-corrected chi connectivity index (χ1v) is 6.35. The molecule has 2 aromatic rings. The first-order chi connectivity index (χ1) is 8.38. The van der Waals surface area contributed by atoms with E-state index < -0.39 is 26.6 Å². The van der Waals surface area contributed by atoms with Gasteiger partial charge >= 0.3 is 51.4 Å². The van der Waals surface area contributed by atoms with Crippen LogP contribution in [-0.2, 0) is 10.1 Å². The van der Waals surface area contributed by atoms with Crippen molar-refractivity contribution in [3.63, 3.8) is 0 Å². The summed E-state index contributed by atoms with van der Waals surface area (Å²) in [6.07, 6.45) is 0. The van der Waals surface area contributed by atoms with Crippen LogP contribution in [0.5, 0.6) is 0 Å². The predicted octanol–water partition coefficient (Wildman–Crippen LogP) is -0.00500. The van der Waals surface area contributed by atoms with E-state index in [1.54, 1.807) is 0 Å². The Hall–Kier alpha value is -0.154. The van der Waals surface area contributed by atoms with E-state index in [4.69, 9.17) is 4.55 Å². The fourth-order valence-corrected chi connectivity index (χ4v) is 2.11. The fraction of sp³-hybridized carbons (Fsp3) is 0. The van der Waals surface area contributed by atoms with Gasteiger partial charge < -0.3 is 1.43 Å². The number of hydrogen-bond donors (Lipinski definition) is 1. The summed E-state index contributed by atoms with van der Waals surface area (Å²) in [6, 6.07) is 8.53. The molecule has 96 valence electrons. The molecule has 0 aliphatic heterocycles. The van der Waals surface area contributed by atoms with E-state index in [-0.39, 0.29) is 52.8 Å². The molecule has 19 heavy (non-hydrogen) atoms. The van der Waals surface area contributed by atoms with E-state index in [1.165, 1.54) is 30.3 Å². The normalized spacial score (nSPS) is 10.9. The molecule has 0 amide bonds. The fourth-order valence-electron chi connectivity index (χ4n) is 1.52. The third-order valence-corrected chi connectivity index (χ3v) is 3.26. The molecule has 1 N–H and O–H groups in total. The van der Waals surface area contributed by atoms with E-state index in [2.05, 4.69) is 0 Å². The van der Waals surface area contributed by atoms with Gasteiger partial charge in [-0.05, 0) is 35.4 Å². The predicted molar refractivity (Wildman–Crippen MR) is 62.7 cm³/mol. The minimum Gasteiger partial charge on any atom is -1.00 e. The maximum atomic E-state index is 13.2. The van der Waals surface area contributed by atoms with E-state index >= 15 is 0 Å². The summed E-state index contributed by atoms with van der Waals surface area (Å²) in [6.45, 7) is 0. The van der Waals surface area contributed by atoms with Crippen LogP contribution >= 0.6 is 0 Å². The van der Waals surface area contributed by atoms with Crippen molar-refractivity contribution < 1.29 is 74.6 Å². The van der Waals surface area contributed by atoms with Crippen LogP contribution in [0.15, 0.2) is 47.4 Å². The number of hydrogen-bond acceptors (Lipinski definition) is 2. The molecule has 2 aromatic carbocycles. The summed E-state index contributed by atoms with van der Waals surface area (Å²) in [5, 5.41) is 0. The van der Waals surface area contributed by atoms with Crippen molar-refractivity contribution in [2.24, 2.45) is 0 Å². The van der Waals surface area contributed by atoms with Crippen molar-refractivity contribution in [2.45, 2.75) is 4.90 Å². The Kier molecular flexibility index (Phi) is 5.81. The molecule has 0 heterocycles. The van der Waals surface area contributed by atoms with Gasteiger partial charge in [-0.3, -0.25) is 4.55 Å². The van der Waals surface area contributed by atoms with E-state index in [9.17, 15) is 17.2 Å². The molecule has 0 saturated heterocycles. The standard InChI is InChI=1S/C12H8F2O3S.K.H/c13-10-4-1-8(2-5-10)9-3-6-11(14)12(7-9)18(15,16)17;;/h1-7H,(H,15,16,17);;/q;+1;-1. The molecule has 0 bridgehead atoms. The molecule has 0 fully saturated rings. The monoisotopic (exact) mass is 310 g/mol. The molecular weight excluding hydrogens is 301 g/mol. The summed E-state index contributed by atoms with van der Waals surface area (Å²) in [5.74, 6) is -1.47. The van der Waals surface area contributed by atoms with Crippen molar-refractivity contribution >= 4 is 10.1 Å². The third kappa shape index (κ3) is 4.15. The van der Waals surface area contributed by atoms with Crippen LogP contribution in [0.2, 0.25) is 0 Å². The first kappa shape index (κ1) is 16.9. The van der Waals surface area contributed by atoms with Gasteiger partial charge in [-0.1, -0.05) is 18.2 Å². The van der Waals surface area contributed by atoms with Crippen molar-refractivity contribution in [3.05, 3.63) is 54.1 Å². The van der Waals surface area contributed by atoms with Crippen LogP contribution in [-0.4, -0.2) is 13.0 Å². The van der Waals surface area contributed by atoms with Crippen LogP contribution in [0.25, 0.3) is 11.1 Å². The Morgan fingerprint density at radius 2 is 1.47 bits per heavy atom. The Labute approximate surface area is 153 Å². The molecule has 0 saturated carbocycles. The zero-order valence-electron chi connectivity index (χ0n) is 11.0. The first-order valence-electron chi connectivity index (χ1n) is 4.91. The van der Waals surface area contributed by atoms with Gasteiger partial charge in [0.15, 0.2) is 0 Å². The third-order valence-electron chi connectivity index (χ3n) is 2.39. The summed E-state index contributed by atoms with van der Waals surface area (Å²) in [7, 11) is -4.62. The van der Waals surface area contributed by atoms with Crippen LogP contribution in [0.1, 0.15) is 1.43 Å². The topological polar surface area (TPSA) is 54.4 Å². The second-order valence-electron chi connectivity index (χ2n) is 3.63. The summed E-state index contributed by atoms with van der Waals surface area (Å²) < 4.78 is 56.7. The van der Waals surface area contributed by atoms with Crippen LogP contribution < -0.4 is 51.4 Å². The van der Waals surface area contributed by atoms with Crippen LogP contribution in [0, 0.1) is 11.6 Å².